The molecule has 1 aromatic carbocycles. The van der Waals surface area contributed by atoms with Crippen LogP contribution in [-0.4, -0.2) is 26.0 Å². The molecule has 2 aromatic heterocycles. The fraction of sp³-hybridized carbons (Fsp3) is 0.188. The van der Waals surface area contributed by atoms with Gasteiger partial charge in [-0.15, -0.1) is 0 Å². The van der Waals surface area contributed by atoms with Crippen LogP contribution >= 0.6 is 11.6 Å². The molecule has 0 aliphatic heterocycles. The van der Waals surface area contributed by atoms with Crippen molar-refractivity contribution >= 4 is 28.5 Å². The van der Waals surface area contributed by atoms with Crippen molar-refractivity contribution in [2.24, 2.45) is 0 Å². The molecule has 0 spiro atoms. The highest BCUT2D eigenvalue weighted by Crippen LogP contribution is 2.19. The maximum Gasteiger partial charge on any atom is 0.371 e. The first-order valence-electron chi connectivity index (χ1n) is 6.93. The lowest BCUT2D eigenvalue weighted by molar-refractivity contribution is 0.0684. The molecule has 6 heteroatoms. The van der Waals surface area contributed by atoms with Crippen LogP contribution in [-0.2, 0) is 6.42 Å². The third-order valence-electron chi connectivity index (χ3n) is 2.94. The van der Waals surface area contributed by atoms with Gasteiger partial charge in [0, 0.05) is 29.9 Å². The molecule has 0 fully saturated rings. The number of H-pyrrole nitrogens is 1. The molecule has 3 rings (SSSR count). The molecule has 0 atom stereocenters. The zero-order chi connectivity index (χ0) is 16.1. The van der Waals surface area contributed by atoms with Crippen molar-refractivity contribution in [3.8, 4) is 0 Å². The maximum absolute atomic E-state index is 10.8. The standard InChI is InChI=1S/C14H10ClN3O2.C2H6/c15-10-5-9-3-8(1-2-12(9)16-6-10)4-11-7-17-13(18-11)14(19)20;1-2/h1-3,5-7H,4H2,(H,17,18)(H,19,20);1-2H3. The van der Waals surface area contributed by atoms with E-state index in [0.717, 1.165) is 22.2 Å². The number of aromatic nitrogens is 3. The quantitative estimate of drug-likeness (QED) is 0.767. The third-order valence-corrected chi connectivity index (χ3v) is 3.14. The Morgan fingerprint density at radius 1 is 1.23 bits per heavy atom. The summed E-state index contributed by atoms with van der Waals surface area (Å²) in [4.78, 5) is 21.6. The topological polar surface area (TPSA) is 78.9 Å². The Morgan fingerprint density at radius 2 is 2.00 bits per heavy atom. The summed E-state index contributed by atoms with van der Waals surface area (Å²) in [5.74, 6) is -1.11. The number of nitrogens with zero attached hydrogens (tertiary/aromatic N) is 2. The molecule has 0 aliphatic carbocycles. The number of aromatic carboxylic acids is 1. The Labute approximate surface area is 133 Å². The number of carboxylic acids is 1. The van der Waals surface area contributed by atoms with Crippen LogP contribution in [0.3, 0.4) is 0 Å². The highest BCUT2D eigenvalue weighted by molar-refractivity contribution is 6.31. The van der Waals surface area contributed by atoms with Gasteiger partial charge in [0.2, 0.25) is 5.82 Å². The fourth-order valence-electron chi connectivity index (χ4n) is 2.04. The number of benzene rings is 1. The monoisotopic (exact) mass is 317 g/mol. The van der Waals surface area contributed by atoms with Crippen LogP contribution in [0.15, 0.2) is 36.7 Å². The number of fused-ring (bicyclic) bond motifs is 1. The summed E-state index contributed by atoms with van der Waals surface area (Å²) in [6, 6.07) is 7.69. The molecule has 5 nitrogen and oxygen atoms in total. The summed E-state index contributed by atoms with van der Waals surface area (Å²) in [6.07, 6.45) is 3.71. The first-order valence-corrected chi connectivity index (χ1v) is 7.31. The molecule has 0 amide bonds. The number of hydrogen-bond acceptors (Lipinski definition) is 3. The van der Waals surface area contributed by atoms with Gasteiger partial charge in [0.25, 0.3) is 0 Å². The number of aromatic amines is 1. The third kappa shape index (κ3) is 3.62. The van der Waals surface area contributed by atoms with Gasteiger partial charge in [0.15, 0.2) is 0 Å². The predicted octanol–water partition coefficient (Wildman–Crippen LogP) is 3.93. The van der Waals surface area contributed by atoms with Gasteiger partial charge in [0.05, 0.1) is 10.5 Å². The second kappa shape index (κ2) is 7.04. The lowest BCUT2D eigenvalue weighted by Crippen LogP contribution is -1.99. The first-order chi connectivity index (χ1) is 10.6. The van der Waals surface area contributed by atoms with Crippen molar-refractivity contribution in [1.29, 1.82) is 0 Å². The second-order valence-corrected chi connectivity index (χ2v) is 4.86. The molecule has 2 N–H and O–H groups in total. The van der Waals surface area contributed by atoms with Crippen molar-refractivity contribution in [2.75, 3.05) is 0 Å². The first kappa shape index (κ1) is 16.0. The highest BCUT2D eigenvalue weighted by atomic mass is 35.5. The molecule has 22 heavy (non-hydrogen) atoms. The van der Waals surface area contributed by atoms with Crippen molar-refractivity contribution in [1.82, 2.24) is 15.0 Å². The molecular formula is C16H16ClN3O2. The summed E-state index contributed by atoms with van der Waals surface area (Å²) in [7, 11) is 0. The zero-order valence-corrected chi connectivity index (χ0v) is 13.1. The Bertz CT molecular complexity index is 799. The van der Waals surface area contributed by atoms with Gasteiger partial charge in [-0.1, -0.05) is 31.5 Å². The normalized spacial score (nSPS) is 10.1. The van der Waals surface area contributed by atoms with E-state index < -0.39 is 5.97 Å². The van der Waals surface area contributed by atoms with Crippen molar-refractivity contribution < 1.29 is 9.90 Å². The summed E-state index contributed by atoms with van der Waals surface area (Å²) in [6.45, 7) is 4.00. The Kier molecular flexibility index (Phi) is 5.12. The summed E-state index contributed by atoms with van der Waals surface area (Å²) in [5.41, 5.74) is 2.65. The van der Waals surface area contributed by atoms with Crippen LogP contribution in [0.1, 0.15) is 35.7 Å². The summed E-state index contributed by atoms with van der Waals surface area (Å²) < 4.78 is 0. The van der Waals surface area contributed by atoms with Crippen molar-refractivity contribution in [3.05, 3.63) is 58.8 Å². The molecule has 3 aromatic rings. The van der Waals surface area contributed by atoms with Gasteiger partial charge >= 0.3 is 5.97 Å². The smallest absolute Gasteiger partial charge is 0.371 e. The van der Waals surface area contributed by atoms with E-state index in [2.05, 4.69) is 15.0 Å². The molecule has 2 heterocycles. The van der Waals surface area contributed by atoms with Crippen LogP contribution in [0.25, 0.3) is 10.9 Å². The predicted molar refractivity (Wildman–Crippen MR) is 86.5 cm³/mol. The van der Waals surface area contributed by atoms with E-state index in [-0.39, 0.29) is 5.82 Å². The number of rotatable bonds is 3. The van der Waals surface area contributed by atoms with E-state index in [4.69, 9.17) is 16.7 Å². The number of carbonyl (C=O) groups is 1. The van der Waals surface area contributed by atoms with Crippen LogP contribution in [0.5, 0.6) is 0 Å². The minimum absolute atomic E-state index is 0.0505. The van der Waals surface area contributed by atoms with Crippen molar-refractivity contribution in [3.63, 3.8) is 0 Å². The Morgan fingerprint density at radius 3 is 2.68 bits per heavy atom. The lowest BCUT2D eigenvalue weighted by Gasteiger charge is -2.02. The van der Waals surface area contributed by atoms with E-state index in [9.17, 15) is 4.79 Å². The van der Waals surface area contributed by atoms with Gasteiger partial charge < -0.3 is 10.1 Å². The van der Waals surface area contributed by atoms with Crippen LogP contribution in [0.4, 0.5) is 0 Å². The second-order valence-electron chi connectivity index (χ2n) is 4.42. The minimum atomic E-state index is -1.06. The van der Waals surface area contributed by atoms with E-state index >= 15 is 0 Å². The minimum Gasteiger partial charge on any atom is -0.475 e. The summed E-state index contributed by atoms with van der Waals surface area (Å²) in [5, 5.41) is 10.4. The molecule has 0 radical (unpaired) electrons. The molecule has 114 valence electrons. The van der Waals surface area contributed by atoms with E-state index in [0.29, 0.717) is 11.4 Å². The van der Waals surface area contributed by atoms with Crippen LogP contribution in [0, 0.1) is 0 Å². The number of pyridine rings is 1. The van der Waals surface area contributed by atoms with Crippen LogP contribution in [0.2, 0.25) is 5.02 Å². The number of carboxylic acid groups (broad SMARTS) is 1. The lowest BCUT2D eigenvalue weighted by atomic mass is 10.1. The molecule has 0 saturated carbocycles. The van der Waals surface area contributed by atoms with Crippen molar-refractivity contribution in [2.45, 2.75) is 20.3 Å². The maximum atomic E-state index is 10.8. The number of hydrogen-bond donors (Lipinski definition) is 2. The Balaban J connectivity index is 0.000000847. The van der Waals surface area contributed by atoms with Gasteiger partial charge in [-0.3, -0.25) is 4.98 Å². The zero-order valence-electron chi connectivity index (χ0n) is 12.3. The van der Waals surface area contributed by atoms with E-state index in [1.807, 2.05) is 38.1 Å². The van der Waals surface area contributed by atoms with E-state index in [1.54, 1.807) is 6.20 Å². The number of nitrogens with one attached hydrogen (secondary N) is 1. The van der Waals surface area contributed by atoms with E-state index in [1.165, 1.54) is 6.20 Å². The molecule has 0 bridgehead atoms. The molecule has 0 unspecified atom stereocenters. The molecular weight excluding hydrogens is 302 g/mol. The van der Waals surface area contributed by atoms with Gasteiger partial charge in [-0.05, 0) is 23.8 Å². The fourth-order valence-corrected chi connectivity index (χ4v) is 2.21. The largest absolute Gasteiger partial charge is 0.475 e. The molecule has 0 saturated heterocycles. The highest BCUT2D eigenvalue weighted by Gasteiger charge is 2.08. The average Bonchev–Trinajstić information content (AvgIpc) is 2.98. The Hall–Kier alpha value is -2.40. The summed E-state index contributed by atoms with van der Waals surface area (Å²) >= 11 is 5.93. The van der Waals surface area contributed by atoms with Gasteiger partial charge in [0.1, 0.15) is 0 Å². The SMILES string of the molecule is CC.O=C(O)c1ncc(Cc2ccc3ncc(Cl)cc3c2)[nH]1. The average molecular weight is 318 g/mol. The van der Waals surface area contributed by atoms with Crippen LogP contribution < -0.4 is 0 Å². The van der Waals surface area contributed by atoms with Gasteiger partial charge in [-0.2, -0.15) is 0 Å². The van der Waals surface area contributed by atoms with Gasteiger partial charge in [-0.25, -0.2) is 9.78 Å². The number of halogens is 1. The molecule has 0 aliphatic rings. The number of imidazole rings is 1.